The van der Waals surface area contributed by atoms with Gasteiger partial charge in [-0.25, -0.2) is 0 Å². The van der Waals surface area contributed by atoms with E-state index >= 15 is 0 Å². The largest absolute Gasteiger partial charge is 0.573 e. The predicted molar refractivity (Wildman–Crippen MR) is 98.4 cm³/mol. The number of carbonyl (C=O) groups excluding carboxylic acids is 1. The predicted octanol–water partition coefficient (Wildman–Crippen LogP) is 4.12. The Hall–Kier alpha value is -1.47. The standard InChI is InChI=1S/C19H25F3N2O2.ClH/c1-24(11-14-5-2-3-8-16(14)26-19(20,21)22)18(25)15-9-12-6-4-7-13(10-15)17(12)23;/h2-3,5,8,12-13,15,17H,4,6-7,9-11,23H2,1H3;1H. The summed E-state index contributed by atoms with van der Waals surface area (Å²) in [5.74, 6) is 0.389. The lowest BCUT2D eigenvalue weighted by Crippen LogP contribution is -2.49. The molecule has 2 aliphatic rings. The molecular formula is C19H26ClF3N2O2. The maximum atomic E-state index is 12.9. The van der Waals surface area contributed by atoms with Crippen LogP contribution in [-0.2, 0) is 11.3 Å². The fraction of sp³-hybridized carbons (Fsp3) is 0.632. The smallest absolute Gasteiger partial charge is 0.405 e. The zero-order valence-corrected chi connectivity index (χ0v) is 16.1. The van der Waals surface area contributed by atoms with Crippen molar-refractivity contribution in [1.82, 2.24) is 4.90 Å². The Balaban J connectivity index is 0.00000261. The maximum absolute atomic E-state index is 12.9. The zero-order chi connectivity index (χ0) is 18.9. The van der Waals surface area contributed by atoms with Gasteiger partial charge in [0.2, 0.25) is 5.91 Å². The van der Waals surface area contributed by atoms with Crippen molar-refractivity contribution in [3.8, 4) is 5.75 Å². The van der Waals surface area contributed by atoms with Crippen LogP contribution >= 0.6 is 12.4 Å². The maximum Gasteiger partial charge on any atom is 0.573 e. The first-order valence-electron chi connectivity index (χ1n) is 9.09. The van der Waals surface area contributed by atoms with Gasteiger partial charge in [0.1, 0.15) is 5.75 Å². The Morgan fingerprint density at radius 1 is 1.22 bits per heavy atom. The van der Waals surface area contributed by atoms with Crippen molar-refractivity contribution in [2.45, 2.75) is 51.1 Å². The molecule has 2 fully saturated rings. The van der Waals surface area contributed by atoms with Crippen LogP contribution in [-0.4, -0.2) is 30.3 Å². The number of hydrogen-bond donors (Lipinski definition) is 1. The van der Waals surface area contributed by atoms with Gasteiger partial charge in [0.05, 0.1) is 0 Å². The SMILES string of the molecule is CN(Cc1ccccc1OC(F)(F)F)C(=O)C1CC2CCCC(C1)C2N.Cl. The van der Waals surface area contributed by atoms with Gasteiger partial charge in [-0.3, -0.25) is 4.79 Å². The van der Waals surface area contributed by atoms with Crippen LogP contribution in [0.2, 0.25) is 0 Å². The second-order valence-electron chi connectivity index (χ2n) is 7.55. The molecule has 3 rings (SSSR count). The number of rotatable bonds is 4. The lowest BCUT2D eigenvalue weighted by atomic mass is 9.65. The highest BCUT2D eigenvalue weighted by atomic mass is 35.5. The summed E-state index contributed by atoms with van der Waals surface area (Å²) in [4.78, 5) is 14.4. The van der Waals surface area contributed by atoms with Crippen molar-refractivity contribution in [2.24, 2.45) is 23.5 Å². The second-order valence-corrected chi connectivity index (χ2v) is 7.55. The number of carbonyl (C=O) groups is 1. The number of para-hydroxylation sites is 1. The summed E-state index contributed by atoms with van der Waals surface area (Å²) in [7, 11) is 1.64. The number of nitrogens with zero attached hydrogens (tertiary/aromatic N) is 1. The van der Waals surface area contributed by atoms with E-state index in [1.165, 1.54) is 23.5 Å². The van der Waals surface area contributed by atoms with E-state index in [1.54, 1.807) is 19.2 Å². The molecule has 2 aliphatic carbocycles. The van der Waals surface area contributed by atoms with E-state index < -0.39 is 6.36 Å². The number of alkyl halides is 3. The van der Waals surface area contributed by atoms with Gasteiger partial charge in [0, 0.05) is 31.1 Å². The van der Waals surface area contributed by atoms with Crippen molar-refractivity contribution in [3.05, 3.63) is 29.8 Å². The molecule has 8 heteroatoms. The van der Waals surface area contributed by atoms with E-state index in [4.69, 9.17) is 5.73 Å². The molecule has 2 atom stereocenters. The second kappa shape index (κ2) is 8.69. The van der Waals surface area contributed by atoms with Gasteiger partial charge >= 0.3 is 6.36 Å². The van der Waals surface area contributed by atoms with E-state index in [9.17, 15) is 18.0 Å². The Bertz CT molecular complexity index is 642. The Kier molecular flexibility index (Phi) is 7.03. The highest BCUT2D eigenvalue weighted by molar-refractivity contribution is 5.85. The first kappa shape index (κ1) is 21.8. The van der Waals surface area contributed by atoms with Crippen LogP contribution in [0.1, 0.15) is 37.7 Å². The lowest BCUT2D eigenvalue weighted by molar-refractivity contribution is -0.275. The van der Waals surface area contributed by atoms with Crippen molar-refractivity contribution < 1.29 is 22.7 Å². The van der Waals surface area contributed by atoms with Crippen LogP contribution in [0.3, 0.4) is 0 Å². The Morgan fingerprint density at radius 2 is 1.81 bits per heavy atom. The number of benzene rings is 1. The van der Waals surface area contributed by atoms with Crippen LogP contribution < -0.4 is 10.5 Å². The molecular weight excluding hydrogens is 381 g/mol. The normalized spacial score (nSPS) is 27.4. The third-order valence-electron chi connectivity index (χ3n) is 5.74. The van der Waals surface area contributed by atoms with Crippen LogP contribution in [0.25, 0.3) is 0 Å². The molecule has 2 unspecified atom stereocenters. The average Bonchev–Trinajstić information content (AvgIpc) is 2.54. The van der Waals surface area contributed by atoms with Gasteiger partial charge < -0.3 is 15.4 Å². The third-order valence-corrected chi connectivity index (χ3v) is 5.74. The highest BCUT2D eigenvalue weighted by Gasteiger charge is 2.41. The molecule has 0 heterocycles. The van der Waals surface area contributed by atoms with Crippen molar-refractivity contribution in [2.75, 3.05) is 7.05 Å². The molecule has 4 nitrogen and oxygen atoms in total. The number of amides is 1. The van der Waals surface area contributed by atoms with Gasteiger partial charge in [0.15, 0.2) is 0 Å². The minimum absolute atomic E-state index is 0. The van der Waals surface area contributed by atoms with E-state index in [0.29, 0.717) is 17.4 Å². The van der Waals surface area contributed by atoms with Crippen LogP contribution in [0.4, 0.5) is 13.2 Å². The van der Waals surface area contributed by atoms with Gasteiger partial charge in [-0.05, 0) is 43.6 Å². The molecule has 0 saturated heterocycles. The van der Waals surface area contributed by atoms with E-state index in [1.807, 2.05) is 0 Å². The van der Waals surface area contributed by atoms with Gasteiger partial charge in [-0.2, -0.15) is 0 Å². The van der Waals surface area contributed by atoms with Crippen molar-refractivity contribution in [1.29, 1.82) is 0 Å². The van der Waals surface area contributed by atoms with Crippen LogP contribution in [0.5, 0.6) is 5.75 Å². The number of nitrogens with two attached hydrogens (primary N) is 1. The zero-order valence-electron chi connectivity index (χ0n) is 15.2. The first-order chi connectivity index (χ1) is 12.2. The summed E-state index contributed by atoms with van der Waals surface area (Å²) < 4.78 is 41.8. The summed E-state index contributed by atoms with van der Waals surface area (Å²) in [5.41, 5.74) is 6.62. The Labute approximate surface area is 163 Å². The molecule has 152 valence electrons. The van der Waals surface area contributed by atoms with E-state index in [0.717, 1.165) is 25.7 Å². The summed E-state index contributed by atoms with van der Waals surface area (Å²) in [6.07, 6.45) is 0.0987. The third kappa shape index (κ3) is 5.29. The quantitative estimate of drug-likeness (QED) is 0.818. The molecule has 0 aromatic heterocycles. The van der Waals surface area contributed by atoms with Gasteiger partial charge in [-0.15, -0.1) is 25.6 Å². The number of fused-ring (bicyclic) bond motifs is 2. The van der Waals surface area contributed by atoms with Crippen molar-refractivity contribution in [3.63, 3.8) is 0 Å². The fourth-order valence-corrected chi connectivity index (χ4v) is 4.49. The average molecular weight is 407 g/mol. The molecule has 1 aromatic carbocycles. The van der Waals surface area contributed by atoms with E-state index in [2.05, 4.69) is 4.74 Å². The fourth-order valence-electron chi connectivity index (χ4n) is 4.49. The molecule has 0 aliphatic heterocycles. The minimum atomic E-state index is -4.75. The summed E-state index contributed by atoms with van der Waals surface area (Å²) in [6.45, 7) is 0.0863. The summed E-state index contributed by atoms with van der Waals surface area (Å²) in [5, 5.41) is 0. The molecule has 0 spiro atoms. The molecule has 0 radical (unpaired) electrons. The highest BCUT2D eigenvalue weighted by Crippen LogP contribution is 2.42. The monoisotopic (exact) mass is 406 g/mol. The van der Waals surface area contributed by atoms with Gasteiger partial charge in [-0.1, -0.05) is 24.6 Å². The lowest BCUT2D eigenvalue weighted by Gasteiger charge is -2.44. The summed E-state index contributed by atoms with van der Waals surface area (Å²) in [6, 6.07) is 6.12. The summed E-state index contributed by atoms with van der Waals surface area (Å²) >= 11 is 0. The van der Waals surface area contributed by atoms with Gasteiger partial charge in [0.25, 0.3) is 0 Å². The molecule has 1 amide bonds. The van der Waals surface area contributed by atoms with Crippen LogP contribution in [0, 0.1) is 17.8 Å². The molecule has 2 N–H and O–H groups in total. The topological polar surface area (TPSA) is 55.6 Å². The van der Waals surface area contributed by atoms with E-state index in [-0.39, 0.29) is 42.6 Å². The molecule has 2 bridgehead atoms. The molecule has 27 heavy (non-hydrogen) atoms. The number of ether oxygens (including phenoxy) is 1. The molecule has 2 saturated carbocycles. The Morgan fingerprint density at radius 3 is 2.41 bits per heavy atom. The number of hydrogen-bond acceptors (Lipinski definition) is 3. The van der Waals surface area contributed by atoms with Crippen LogP contribution in [0.15, 0.2) is 24.3 Å². The minimum Gasteiger partial charge on any atom is -0.405 e. The molecule has 1 aromatic rings. The first-order valence-corrected chi connectivity index (χ1v) is 9.09. The van der Waals surface area contributed by atoms with Crippen molar-refractivity contribution >= 4 is 18.3 Å². The number of halogens is 4.